The summed E-state index contributed by atoms with van der Waals surface area (Å²) >= 11 is 0. The number of Topliss-reactive ketones (excluding diaryl/α,β-unsaturated/α-hetero) is 1. The molecule has 12 heteroatoms. The predicted molar refractivity (Wildman–Crippen MR) is 204 cm³/mol. The van der Waals surface area contributed by atoms with Crippen molar-refractivity contribution in [3.63, 3.8) is 0 Å². The number of ketones is 1. The third-order valence-electron chi connectivity index (χ3n) is 14.4. The molecule has 0 aliphatic carbocycles. The Morgan fingerprint density at radius 1 is 0.889 bits per heavy atom. The van der Waals surface area contributed by atoms with Crippen molar-refractivity contribution in [2.75, 3.05) is 0 Å². The number of aliphatic hydroxyl groups excluding tert-OH is 2. The zero-order chi connectivity index (χ0) is 39.3. The van der Waals surface area contributed by atoms with Gasteiger partial charge in [0.05, 0.1) is 53.7 Å². The number of carbonyl (C=O) groups is 2. The molecule has 4 fully saturated rings. The zero-order valence-electron chi connectivity index (χ0n) is 35.0. The zero-order valence-corrected chi connectivity index (χ0v) is 37.0. The number of aliphatic carboxylic acids is 1. The van der Waals surface area contributed by atoms with Gasteiger partial charge in [0.25, 0.3) is 0 Å². The van der Waals surface area contributed by atoms with E-state index >= 15 is 0 Å². The monoisotopic (exact) mass is 773 g/mol. The number of carbonyl (C=O) groups excluding carboxylic acids is 1. The van der Waals surface area contributed by atoms with Crippen LogP contribution in [0, 0.1) is 41.4 Å². The maximum Gasteiger partial charge on any atom is 0.309 e. The van der Waals surface area contributed by atoms with E-state index in [1.165, 1.54) is 0 Å². The molecule has 0 aromatic heterocycles. The summed E-state index contributed by atoms with van der Waals surface area (Å²) in [6.45, 7) is 19.6. The Balaban J connectivity index is 0.00000650. The minimum atomic E-state index is -1.37. The second kappa shape index (κ2) is 17.8. The number of hydrogen-bond donors (Lipinski definition) is 4. The SMILES string of the molecule is CCC(C(=O)O)C1CCC(C)C(C(C)C(O)C(C)C(=O)C(CC)C2OC3(C=CC(O)C4(CCC(C)(C5CCC(O)(CC)C(C)O5)O4)O3)C(C)CC2C)O1.[Na]. The summed E-state index contributed by atoms with van der Waals surface area (Å²) in [5.41, 5.74) is -1.63. The maximum atomic E-state index is 14.4. The van der Waals surface area contributed by atoms with Crippen LogP contribution in [0.15, 0.2) is 12.2 Å². The molecule has 0 aromatic carbocycles. The minimum absolute atomic E-state index is 0. The summed E-state index contributed by atoms with van der Waals surface area (Å²) in [6, 6.07) is 0. The van der Waals surface area contributed by atoms with E-state index in [-0.39, 0.29) is 71.4 Å². The molecule has 11 nitrogen and oxygen atoms in total. The van der Waals surface area contributed by atoms with Crippen LogP contribution in [0.3, 0.4) is 0 Å². The molecule has 305 valence electrons. The Morgan fingerprint density at radius 2 is 1.56 bits per heavy atom. The van der Waals surface area contributed by atoms with E-state index < -0.39 is 76.8 Å². The average Bonchev–Trinajstić information content (AvgIpc) is 3.47. The molecular weight excluding hydrogens is 703 g/mol. The van der Waals surface area contributed by atoms with E-state index in [1.54, 1.807) is 19.1 Å². The molecule has 0 bridgehead atoms. The quantitative estimate of drug-likeness (QED) is 0.140. The van der Waals surface area contributed by atoms with Crippen LogP contribution in [0.5, 0.6) is 0 Å². The Morgan fingerprint density at radius 3 is 2.15 bits per heavy atom. The number of ether oxygens (including phenoxy) is 5. The number of aliphatic hydroxyl groups is 3. The minimum Gasteiger partial charge on any atom is -0.481 e. The van der Waals surface area contributed by atoms with Crippen molar-refractivity contribution in [1.82, 2.24) is 0 Å². The Bertz CT molecular complexity index is 1330. The first-order valence-corrected chi connectivity index (χ1v) is 20.7. The van der Waals surface area contributed by atoms with Gasteiger partial charge in [-0.25, -0.2) is 0 Å². The van der Waals surface area contributed by atoms with Crippen molar-refractivity contribution >= 4 is 41.3 Å². The molecule has 0 amide bonds. The molecule has 2 spiro atoms. The topological polar surface area (TPSA) is 161 Å². The van der Waals surface area contributed by atoms with Crippen molar-refractivity contribution in [1.29, 1.82) is 0 Å². The van der Waals surface area contributed by atoms with E-state index in [4.69, 9.17) is 23.7 Å². The van der Waals surface area contributed by atoms with Crippen LogP contribution in [0.4, 0.5) is 0 Å². The fourth-order valence-electron chi connectivity index (χ4n) is 10.5. The van der Waals surface area contributed by atoms with Crippen molar-refractivity contribution in [3.8, 4) is 0 Å². The second-order valence-electron chi connectivity index (χ2n) is 17.9. The average molecular weight is 774 g/mol. The van der Waals surface area contributed by atoms with E-state index in [9.17, 15) is 30.0 Å². The van der Waals surface area contributed by atoms with Gasteiger partial charge in [0, 0.05) is 59.6 Å². The van der Waals surface area contributed by atoms with Gasteiger partial charge in [-0.15, -0.1) is 0 Å². The fraction of sp³-hybridized carbons (Fsp3) is 0.905. The fourth-order valence-corrected chi connectivity index (χ4v) is 10.5. The van der Waals surface area contributed by atoms with Gasteiger partial charge in [-0.1, -0.05) is 55.4 Å². The first-order chi connectivity index (χ1) is 24.8. The van der Waals surface area contributed by atoms with Gasteiger partial charge in [0.2, 0.25) is 5.79 Å². The van der Waals surface area contributed by atoms with Gasteiger partial charge in [-0.3, -0.25) is 9.59 Å². The van der Waals surface area contributed by atoms with E-state index in [0.29, 0.717) is 57.8 Å². The van der Waals surface area contributed by atoms with Crippen molar-refractivity contribution in [3.05, 3.63) is 12.2 Å². The third-order valence-corrected chi connectivity index (χ3v) is 14.4. The Labute approximate surface area is 345 Å². The van der Waals surface area contributed by atoms with Crippen LogP contribution in [0.25, 0.3) is 0 Å². The van der Waals surface area contributed by atoms with Gasteiger partial charge in [-0.05, 0) is 95.6 Å². The summed E-state index contributed by atoms with van der Waals surface area (Å²) in [4.78, 5) is 26.4. The van der Waals surface area contributed by atoms with Crippen molar-refractivity contribution < 1.29 is 53.7 Å². The number of carboxylic acids is 1. The van der Waals surface area contributed by atoms with Crippen LogP contribution >= 0.6 is 0 Å². The first kappa shape index (κ1) is 46.3. The molecule has 0 saturated carbocycles. The molecule has 5 aliphatic rings. The molecule has 18 atom stereocenters. The molecule has 5 aliphatic heterocycles. The van der Waals surface area contributed by atoms with E-state index in [1.807, 2.05) is 41.5 Å². The van der Waals surface area contributed by atoms with Crippen LogP contribution in [0.2, 0.25) is 0 Å². The molecule has 0 aromatic rings. The second-order valence-corrected chi connectivity index (χ2v) is 17.9. The molecule has 1 radical (unpaired) electrons. The van der Waals surface area contributed by atoms with Gasteiger partial charge in [-0.2, -0.15) is 0 Å². The molecule has 54 heavy (non-hydrogen) atoms. The van der Waals surface area contributed by atoms with Crippen LogP contribution in [-0.4, -0.2) is 127 Å². The molecule has 18 unspecified atom stereocenters. The van der Waals surface area contributed by atoms with E-state index in [2.05, 4.69) is 20.8 Å². The van der Waals surface area contributed by atoms with Gasteiger partial charge >= 0.3 is 5.97 Å². The normalized spacial score (nSPS) is 45.3. The van der Waals surface area contributed by atoms with Crippen molar-refractivity contribution in [2.24, 2.45) is 41.4 Å². The number of hydrogen-bond acceptors (Lipinski definition) is 10. The number of rotatable bonds is 12. The summed E-state index contributed by atoms with van der Waals surface area (Å²) in [6.07, 6.45) is 5.51. The van der Waals surface area contributed by atoms with E-state index in [0.717, 1.165) is 6.42 Å². The molecule has 4 saturated heterocycles. The van der Waals surface area contributed by atoms with Crippen molar-refractivity contribution in [2.45, 2.75) is 199 Å². The Kier molecular flexibility index (Phi) is 15.3. The summed E-state index contributed by atoms with van der Waals surface area (Å²) < 4.78 is 33.5. The van der Waals surface area contributed by atoms with Gasteiger partial charge < -0.3 is 44.1 Å². The summed E-state index contributed by atoms with van der Waals surface area (Å²) in [7, 11) is 0. The standard InChI is InChI=1S/C42H70O11.Na/c1-11-29(38(46)47)31-15-14-23(4)36(50-31)27(8)34(44)26(7)35(45)30(12-2)37-24(5)22-25(6)41(51-37)19-16-32(43)42(53-41)21-20-39(10,52-42)33-17-18-40(48,13-3)28(9)49-33;/h16,19,23-34,36-37,43-44,48H,11-15,17-18,20-22H2,1-10H3,(H,46,47);. The number of carboxylic acid groups (broad SMARTS) is 1. The molecule has 5 rings (SSSR count). The summed E-state index contributed by atoms with van der Waals surface area (Å²) in [5, 5.41) is 44.0. The smallest absolute Gasteiger partial charge is 0.309 e. The predicted octanol–water partition coefficient (Wildman–Crippen LogP) is 5.81. The van der Waals surface area contributed by atoms with Crippen LogP contribution in [-0.2, 0) is 33.3 Å². The molecular formula is C42H70NaO11. The molecule has 4 N–H and O–H groups in total. The van der Waals surface area contributed by atoms with Crippen LogP contribution in [0.1, 0.15) is 133 Å². The van der Waals surface area contributed by atoms with Crippen LogP contribution < -0.4 is 0 Å². The largest absolute Gasteiger partial charge is 0.481 e. The van der Waals surface area contributed by atoms with Gasteiger partial charge in [0.1, 0.15) is 11.9 Å². The Hall–Kier alpha value is -0.440. The summed E-state index contributed by atoms with van der Waals surface area (Å²) in [5.74, 6) is -5.78. The first-order valence-electron chi connectivity index (χ1n) is 20.7. The molecule has 5 heterocycles. The maximum absolute atomic E-state index is 14.4. The third kappa shape index (κ3) is 8.63. The van der Waals surface area contributed by atoms with Gasteiger partial charge in [0.15, 0.2) is 5.79 Å².